The lowest BCUT2D eigenvalue weighted by Gasteiger charge is -2.17. The van der Waals surface area contributed by atoms with E-state index in [4.69, 9.17) is 4.42 Å². The molecule has 0 bridgehead atoms. The minimum Gasteiger partial charge on any atom is -0.494 e. The molecule has 3 aromatic rings. The van der Waals surface area contributed by atoms with Crippen LogP contribution in [0.15, 0.2) is 27.4 Å². The van der Waals surface area contributed by atoms with Gasteiger partial charge in [-0.05, 0) is 57.4 Å². The lowest BCUT2D eigenvalue weighted by Crippen LogP contribution is -2.28. The van der Waals surface area contributed by atoms with Crippen molar-refractivity contribution >= 4 is 16.8 Å². The SMILES string of the molecule is CCc1ccc2oc(C(=O)c3c(C)c(C#N)c(=O)n(C(C)C)c3O)c(C)c2c1. The molecule has 3 rings (SSSR count). The monoisotopic (exact) mass is 378 g/mol. The maximum absolute atomic E-state index is 13.3. The summed E-state index contributed by atoms with van der Waals surface area (Å²) in [5.74, 6) is -0.900. The zero-order valence-corrected chi connectivity index (χ0v) is 16.6. The van der Waals surface area contributed by atoms with E-state index in [9.17, 15) is 20.0 Å². The molecule has 0 spiro atoms. The van der Waals surface area contributed by atoms with Gasteiger partial charge in [0.15, 0.2) is 5.76 Å². The van der Waals surface area contributed by atoms with Crippen LogP contribution in [0.4, 0.5) is 0 Å². The Morgan fingerprint density at radius 1 is 1.29 bits per heavy atom. The second kappa shape index (κ2) is 7.01. The van der Waals surface area contributed by atoms with Gasteiger partial charge >= 0.3 is 0 Å². The number of carbonyl (C=O) groups is 1. The first-order valence-electron chi connectivity index (χ1n) is 9.17. The van der Waals surface area contributed by atoms with E-state index < -0.39 is 23.3 Å². The fourth-order valence-electron chi connectivity index (χ4n) is 3.49. The van der Waals surface area contributed by atoms with Gasteiger partial charge in [-0.2, -0.15) is 5.26 Å². The lowest BCUT2D eigenvalue weighted by molar-refractivity contribution is 0.100. The van der Waals surface area contributed by atoms with Crippen LogP contribution in [0.3, 0.4) is 0 Å². The fraction of sp³-hybridized carbons (Fsp3) is 0.318. The Kier molecular flexibility index (Phi) is 4.86. The number of aromatic hydroxyl groups is 1. The van der Waals surface area contributed by atoms with Gasteiger partial charge < -0.3 is 9.52 Å². The van der Waals surface area contributed by atoms with Crippen molar-refractivity contribution in [1.82, 2.24) is 4.57 Å². The first-order chi connectivity index (χ1) is 13.2. The topological polar surface area (TPSA) is 96.2 Å². The average Bonchev–Trinajstić information content (AvgIpc) is 2.97. The first-order valence-corrected chi connectivity index (χ1v) is 9.17. The number of rotatable bonds is 4. The summed E-state index contributed by atoms with van der Waals surface area (Å²) in [6.45, 7) is 8.72. The zero-order valence-electron chi connectivity index (χ0n) is 16.6. The summed E-state index contributed by atoms with van der Waals surface area (Å²) in [4.78, 5) is 25.8. The van der Waals surface area contributed by atoms with Crippen molar-refractivity contribution in [1.29, 1.82) is 5.26 Å². The molecule has 0 saturated carbocycles. The number of hydrogen-bond acceptors (Lipinski definition) is 5. The smallest absolute Gasteiger partial charge is 0.271 e. The molecule has 144 valence electrons. The Balaban J connectivity index is 2.31. The Bertz CT molecular complexity index is 1210. The lowest BCUT2D eigenvalue weighted by atomic mass is 9.98. The highest BCUT2D eigenvalue weighted by Gasteiger charge is 2.29. The van der Waals surface area contributed by atoms with Crippen LogP contribution in [-0.4, -0.2) is 15.5 Å². The third-order valence-corrected chi connectivity index (χ3v) is 5.10. The molecule has 0 aliphatic heterocycles. The van der Waals surface area contributed by atoms with E-state index in [1.165, 1.54) is 6.92 Å². The van der Waals surface area contributed by atoms with Crippen molar-refractivity contribution in [3.8, 4) is 11.9 Å². The first kappa shape index (κ1) is 19.4. The van der Waals surface area contributed by atoms with Gasteiger partial charge in [0.2, 0.25) is 11.7 Å². The minimum atomic E-state index is -0.613. The molecule has 0 amide bonds. The van der Waals surface area contributed by atoms with Gasteiger partial charge in [0.25, 0.3) is 5.56 Å². The van der Waals surface area contributed by atoms with Crippen LogP contribution in [0.1, 0.15) is 65.2 Å². The van der Waals surface area contributed by atoms with Crippen LogP contribution in [0.2, 0.25) is 0 Å². The molecular formula is C22H22N2O4. The summed E-state index contributed by atoms with van der Waals surface area (Å²) in [5, 5.41) is 21.0. The number of pyridine rings is 1. The number of nitriles is 1. The largest absolute Gasteiger partial charge is 0.494 e. The van der Waals surface area contributed by atoms with Gasteiger partial charge in [0, 0.05) is 17.0 Å². The highest BCUT2D eigenvalue weighted by atomic mass is 16.3. The average molecular weight is 378 g/mol. The number of aromatic nitrogens is 1. The molecular weight excluding hydrogens is 356 g/mol. The Hall–Kier alpha value is -3.33. The quantitative estimate of drug-likeness (QED) is 0.688. The Morgan fingerprint density at radius 2 is 1.96 bits per heavy atom. The van der Waals surface area contributed by atoms with Crippen molar-refractivity contribution in [2.45, 2.75) is 47.1 Å². The summed E-state index contributed by atoms with van der Waals surface area (Å²) in [5.41, 5.74) is 1.66. The van der Waals surface area contributed by atoms with Gasteiger partial charge in [0.1, 0.15) is 17.2 Å². The molecule has 0 radical (unpaired) electrons. The number of carbonyl (C=O) groups excluding carboxylic acids is 1. The molecule has 2 heterocycles. The molecule has 0 atom stereocenters. The standard InChI is InChI=1S/C22H22N2O4/c1-6-14-7-8-17-15(9-14)13(5)20(28-17)19(25)18-12(4)16(10-23)21(26)24(11(2)3)22(18)27/h7-9,11,27H,6H2,1-5H3. The van der Waals surface area contributed by atoms with E-state index in [2.05, 4.69) is 0 Å². The second-order valence-corrected chi connectivity index (χ2v) is 7.15. The number of ketones is 1. The van der Waals surface area contributed by atoms with Crippen molar-refractivity contribution in [3.05, 3.63) is 62.1 Å². The number of furan rings is 1. The van der Waals surface area contributed by atoms with Gasteiger partial charge in [-0.15, -0.1) is 0 Å². The molecule has 2 aromatic heterocycles. The molecule has 0 saturated heterocycles. The molecule has 6 nitrogen and oxygen atoms in total. The molecule has 0 fully saturated rings. The third kappa shape index (κ3) is 2.80. The molecule has 6 heteroatoms. The van der Waals surface area contributed by atoms with Crippen molar-refractivity contribution in [2.75, 3.05) is 0 Å². The second-order valence-electron chi connectivity index (χ2n) is 7.15. The molecule has 0 unspecified atom stereocenters. The highest BCUT2D eigenvalue weighted by Crippen LogP contribution is 2.32. The van der Waals surface area contributed by atoms with Crippen molar-refractivity contribution < 1.29 is 14.3 Å². The van der Waals surface area contributed by atoms with Crippen LogP contribution in [-0.2, 0) is 6.42 Å². The minimum absolute atomic E-state index is 0.0808. The van der Waals surface area contributed by atoms with Crippen molar-refractivity contribution in [3.63, 3.8) is 0 Å². The fourth-order valence-corrected chi connectivity index (χ4v) is 3.49. The zero-order chi connectivity index (χ0) is 20.7. The number of nitrogens with zero attached hydrogens (tertiary/aromatic N) is 2. The van der Waals surface area contributed by atoms with Crippen LogP contribution in [0, 0.1) is 25.2 Å². The summed E-state index contributed by atoms with van der Waals surface area (Å²) >= 11 is 0. The van der Waals surface area contributed by atoms with Crippen LogP contribution >= 0.6 is 0 Å². The van der Waals surface area contributed by atoms with E-state index in [1.807, 2.05) is 31.2 Å². The maximum Gasteiger partial charge on any atom is 0.271 e. The van der Waals surface area contributed by atoms with Crippen LogP contribution < -0.4 is 5.56 Å². The summed E-state index contributed by atoms with van der Waals surface area (Å²) < 4.78 is 6.86. The summed E-state index contributed by atoms with van der Waals surface area (Å²) in [6.07, 6.45) is 0.856. The molecule has 28 heavy (non-hydrogen) atoms. The van der Waals surface area contributed by atoms with Gasteiger partial charge in [-0.3, -0.25) is 14.2 Å². The molecule has 1 aromatic carbocycles. The van der Waals surface area contributed by atoms with Crippen molar-refractivity contribution in [2.24, 2.45) is 0 Å². The van der Waals surface area contributed by atoms with E-state index >= 15 is 0 Å². The normalized spacial score (nSPS) is 11.2. The predicted octanol–water partition coefficient (Wildman–Crippen LogP) is 4.16. The van der Waals surface area contributed by atoms with Crippen LogP contribution in [0.5, 0.6) is 5.88 Å². The molecule has 1 N–H and O–H groups in total. The highest BCUT2D eigenvalue weighted by molar-refractivity contribution is 6.12. The van der Waals surface area contributed by atoms with E-state index in [-0.39, 0.29) is 22.5 Å². The molecule has 0 aliphatic carbocycles. The van der Waals surface area contributed by atoms with E-state index in [1.54, 1.807) is 20.8 Å². The van der Waals surface area contributed by atoms with Gasteiger partial charge in [-0.25, -0.2) is 0 Å². The number of hydrogen-bond donors (Lipinski definition) is 1. The van der Waals surface area contributed by atoms with E-state index in [0.717, 1.165) is 21.9 Å². The van der Waals surface area contributed by atoms with E-state index in [0.29, 0.717) is 11.1 Å². The third-order valence-electron chi connectivity index (χ3n) is 5.10. The number of fused-ring (bicyclic) bond motifs is 1. The number of benzene rings is 1. The van der Waals surface area contributed by atoms with Crippen LogP contribution in [0.25, 0.3) is 11.0 Å². The summed E-state index contributed by atoms with van der Waals surface area (Å²) in [6, 6.07) is 7.18. The summed E-state index contributed by atoms with van der Waals surface area (Å²) in [7, 11) is 0. The Labute approximate surface area is 162 Å². The maximum atomic E-state index is 13.3. The Morgan fingerprint density at radius 3 is 2.54 bits per heavy atom. The van der Waals surface area contributed by atoms with Gasteiger partial charge in [-0.1, -0.05) is 13.0 Å². The molecule has 0 aliphatic rings. The predicted molar refractivity (Wildman–Crippen MR) is 106 cm³/mol. The van der Waals surface area contributed by atoms with Gasteiger partial charge in [0.05, 0.1) is 5.56 Å². The number of aryl methyl sites for hydroxylation is 2.